The number of aromatic nitrogens is 5. The van der Waals surface area contributed by atoms with Crippen molar-refractivity contribution < 1.29 is 22.4 Å². The van der Waals surface area contributed by atoms with Gasteiger partial charge in [-0.3, -0.25) is 0 Å². The molecule has 0 radical (unpaired) electrons. The van der Waals surface area contributed by atoms with Gasteiger partial charge in [0, 0.05) is 5.56 Å². The Kier molecular flexibility index (Phi) is 5.68. The fraction of sp³-hybridized carbons (Fsp3) is 0.273. The van der Waals surface area contributed by atoms with E-state index in [0.29, 0.717) is 23.9 Å². The molecule has 0 unspecified atom stereocenters. The summed E-state index contributed by atoms with van der Waals surface area (Å²) < 4.78 is 47.8. The lowest BCUT2D eigenvalue weighted by Crippen LogP contribution is -2.16. The Morgan fingerprint density at radius 1 is 1.03 bits per heavy atom. The summed E-state index contributed by atoms with van der Waals surface area (Å²) in [6.45, 7) is 6.66. The molecule has 0 bridgehead atoms. The number of aryl methyl sites for hydroxylation is 1. The predicted molar refractivity (Wildman–Crippen MR) is 110 cm³/mol. The number of halogens is 3. The van der Waals surface area contributed by atoms with Gasteiger partial charge in [-0.25, -0.2) is 9.67 Å². The Bertz CT molecular complexity index is 1210. The first-order valence-corrected chi connectivity index (χ1v) is 9.88. The van der Waals surface area contributed by atoms with Crippen LogP contribution in [0.5, 0.6) is 5.75 Å². The minimum atomic E-state index is -4.75. The Hall–Kier alpha value is -3.69. The van der Waals surface area contributed by atoms with E-state index >= 15 is 0 Å². The molecular weight excluding hydrogens is 423 g/mol. The molecule has 4 rings (SSSR count). The second-order valence-electron chi connectivity index (χ2n) is 7.54. The van der Waals surface area contributed by atoms with Crippen LogP contribution in [0.25, 0.3) is 23.1 Å². The highest BCUT2D eigenvalue weighted by Gasteiger charge is 2.31. The van der Waals surface area contributed by atoms with Gasteiger partial charge in [0.25, 0.3) is 5.89 Å². The van der Waals surface area contributed by atoms with Crippen molar-refractivity contribution in [3.8, 4) is 28.9 Å². The molecule has 166 valence electrons. The zero-order valence-electron chi connectivity index (χ0n) is 17.6. The SMILES string of the molecule is Cc1nc(-c2nc(-c3ccc(OC(F)(F)F)cc3)no2)nn1Cc1cccc(C(C)C)c1. The summed E-state index contributed by atoms with van der Waals surface area (Å²) in [7, 11) is 0. The highest BCUT2D eigenvalue weighted by atomic mass is 19.4. The molecule has 2 aromatic carbocycles. The minimum absolute atomic E-state index is 0.119. The lowest BCUT2D eigenvalue weighted by atomic mass is 10.0. The second-order valence-corrected chi connectivity index (χ2v) is 7.54. The topological polar surface area (TPSA) is 78.9 Å². The van der Waals surface area contributed by atoms with Crippen LogP contribution in [-0.4, -0.2) is 31.3 Å². The van der Waals surface area contributed by atoms with E-state index in [9.17, 15) is 13.2 Å². The van der Waals surface area contributed by atoms with Gasteiger partial charge in [-0.05, 0) is 48.2 Å². The Labute approximate surface area is 181 Å². The third-order valence-corrected chi connectivity index (χ3v) is 4.77. The van der Waals surface area contributed by atoms with Crippen molar-refractivity contribution in [3.05, 3.63) is 65.5 Å². The zero-order chi connectivity index (χ0) is 22.9. The van der Waals surface area contributed by atoms with Gasteiger partial charge in [-0.15, -0.1) is 18.3 Å². The molecule has 0 atom stereocenters. The molecule has 0 saturated heterocycles. The monoisotopic (exact) mass is 443 g/mol. The van der Waals surface area contributed by atoms with E-state index in [0.717, 1.165) is 5.56 Å². The van der Waals surface area contributed by atoms with Crippen molar-refractivity contribution in [2.45, 2.75) is 39.6 Å². The van der Waals surface area contributed by atoms with Crippen molar-refractivity contribution >= 4 is 0 Å². The minimum Gasteiger partial charge on any atom is -0.406 e. The molecule has 2 aromatic heterocycles. The maximum Gasteiger partial charge on any atom is 0.573 e. The van der Waals surface area contributed by atoms with Crippen molar-refractivity contribution in [1.29, 1.82) is 0 Å². The van der Waals surface area contributed by atoms with Crippen LogP contribution < -0.4 is 4.74 Å². The van der Waals surface area contributed by atoms with Gasteiger partial charge in [0.1, 0.15) is 11.6 Å². The number of hydrogen-bond donors (Lipinski definition) is 0. The summed E-state index contributed by atoms with van der Waals surface area (Å²) in [4.78, 5) is 8.68. The van der Waals surface area contributed by atoms with E-state index in [4.69, 9.17) is 4.52 Å². The van der Waals surface area contributed by atoms with Crippen molar-refractivity contribution in [2.75, 3.05) is 0 Å². The molecule has 7 nitrogen and oxygen atoms in total. The molecular formula is C22H20F3N5O2. The summed E-state index contributed by atoms with van der Waals surface area (Å²) in [6, 6.07) is 13.5. The van der Waals surface area contributed by atoms with Gasteiger partial charge in [0.05, 0.1) is 6.54 Å². The summed E-state index contributed by atoms with van der Waals surface area (Å²) >= 11 is 0. The fourth-order valence-corrected chi connectivity index (χ4v) is 3.12. The molecule has 0 aliphatic heterocycles. The van der Waals surface area contributed by atoms with E-state index in [1.807, 2.05) is 19.1 Å². The first-order chi connectivity index (χ1) is 15.2. The molecule has 4 aromatic rings. The molecule has 0 saturated carbocycles. The van der Waals surface area contributed by atoms with E-state index in [2.05, 4.69) is 50.9 Å². The quantitative estimate of drug-likeness (QED) is 0.398. The molecule has 0 aliphatic rings. The van der Waals surface area contributed by atoms with Crippen LogP contribution in [0, 0.1) is 6.92 Å². The lowest BCUT2D eigenvalue weighted by molar-refractivity contribution is -0.274. The van der Waals surface area contributed by atoms with Crippen LogP contribution in [0.15, 0.2) is 53.1 Å². The van der Waals surface area contributed by atoms with Crippen molar-refractivity contribution in [2.24, 2.45) is 0 Å². The van der Waals surface area contributed by atoms with E-state index in [-0.39, 0.29) is 23.3 Å². The summed E-state index contributed by atoms with van der Waals surface area (Å²) in [5, 5.41) is 8.36. The van der Waals surface area contributed by atoms with Gasteiger partial charge >= 0.3 is 6.36 Å². The summed E-state index contributed by atoms with van der Waals surface area (Å²) in [5.74, 6) is 1.38. The normalized spacial score (nSPS) is 11.8. The van der Waals surface area contributed by atoms with Crippen LogP contribution in [0.2, 0.25) is 0 Å². The maximum atomic E-state index is 12.3. The van der Waals surface area contributed by atoms with E-state index in [1.54, 1.807) is 4.68 Å². The summed E-state index contributed by atoms with van der Waals surface area (Å²) in [6.07, 6.45) is -4.75. The van der Waals surface area contributed by atoms with Gasteiger partial charge in [0.2, 0.25) is 11.6 Å². The highest BCUT2D eigenvalue weighted by Crippen LogP contribution is 2.26. The highest BCUT2D eigenvalue weighted by molar-refractivity contribution is 5.57. The molecule has 32 heavy (non-hydrogen) atoms. The molecule has 0 spiro atoms. The molecule has 0 aliphatic carbocycles. The van der Waals surface area contributed by atoms with E-state index < -0.39 is 6.36 Å². The van der Waals surface area contributed by atoms with Gasteiger partial charge in [-0.2, -0.15) is 4.98 Å². The average Bonchev–Trinajstić information content (AvgIpc) is 3.35. The molecule has 0 fully saturated rings. The Morgan fingerprint density at radius 3 is 2.47 bits per heavy atom. The molecule has 0 N–H and O–H groups in total. The number of ether oxygens (including phenoxy) is 1. The van der Waals surface area contributed by atoms with Crippen LogP contribution >= 0.6 is 0 Å². The van der Waals surface area contributed by atoms with Crippen LogP contribution in [0.1, 0.15) is 36.7 Å². The predicted octanol–water partition coefficient (Wildman–Crippen LogP) is 5.37. The number of hydrogen-bond acceptors (Lipinski definition) is 6. The van der Waals surface area contributed by atoms with Crippen LogP contribution in [-0.2, 0) is 6.54 Å². The van der Waals surface area contributed by atoms with Gasteiger partial charge < -0.3 is 9.26 Å². The third kappa shape index (κ3) is 4.96. The number of benzene rings is 2. The number of nitrogens with zero attached hydrogens (tertiary/aromatic N) is 5. The molecule has 2 heterocycles. The Morgan fingerprint density at radius 2 is 1.78 bits per heavy atom. The maximum absolute atomic E-state index is 12.3. The summed E-state index contributed by atoms with van der Waals surface area (Å²) in [5.41, 5.74) is 2.81. The Balaban J connectivity index is 1.52. The molecule has 0 amide bonds. The molecule has 10 heteroatoms. The fourth-order valence-electron chi connectivity index (χ4n) is 3.12. The average molecular weight is 443 g/mol. The largest absolute Gasteiger partial charge is 0.573 e. The van der Waals surface area contributed by atoms with Crippen LogP contribution in [0.3, 0.4) is 0 Å². The van der Waals surface area contributed by atoms with E-state index in [1.165, 1.54) is 29.8 Å². The van der Waals surface area contributed by atoms with Crippen LogP contribution in [0.4, 0.5) is 13.2 Å². The van der Waals surface area contributed by atoms with Gasteiger partial charge in [-0.1, -0.05) is 43.3 Å². The second kappa shape index (κ2) is 8.45. The lowest BCUT2D eigenvalue weighted by Gasteiger charge is -2.08. The van der Waals surface area contributed by atoms with Crippen molar-refractivity contribution in [3.63, 3.8) is 0 Å². The smallest absolute Gasteiger partial charge is 0.406 e. The van der Waals surface area contributed by atoms with Gasteiger partial charge in [0.15, 0.2) is 0 Å². The van der Waals surface area contributed by atoms with Crippen molar-refractivity contribution in [1.82, 2.24) is 24.9 Å². The first kappa shape index (κ1) is 21.5. The zero-order valence-corrected chi connectivity index (χ0v) is 17.6. The first-order valence-electron chi connectivity index (χ1n) is 9.88. The standard InChI is InChI=1S/C22H20F3N5O2/c1-13(2)17-6-4-5-15(11-17)12-30-14(3)26-20(28-30)21-27-19(29-32-21)16-7-9-18(10-8-16)31-22(23,24)25/h4-11,13H,12H2,1-3H3. The third-order valence-electron chi connectivity index (χ3n) is 4.77. The number of alkyl halides is 3. The number of rotatable bonds is 6.